The van der Waals surface area contributed by atoms with Crippen LogP contribution in [0.5, 0.6) is 0 Å². The van der Waals surface area contributed by atoms with Crippen LogP contribution >= 0.6 is 55.1 Å². The lowest BCUT2D eigenvalue weighted by atomic mass is 10.0. The minimum atomic E-state index is -0.253. The standard InChI is InChI=1S/C14H9Br2Cl2F/c15-11-3-2-9(19)7-10(11)12(16)5-8-1-4-13(17)14(18)6-8/h1-4,6-7,12H,5H2. The Kier molecular flexibility index (Phi) is 5.29. The molecule has 19 heavy (non-hydrogen) atoms. The van der Waals surface area contributed by atoms with Crippen molar-refractivity contribution in [3.8, 4) is 0 Å². The molecule has 2 rings (SSSR count). The molecule has 1 atom stereocenters. The second-order valence-electron chi connectivity index (χ2n) is 4.09. The highest BCUT2D eigenvalue weighted by atomic mass is 79.9. The van der Waals surface area contributed by atoms with E-state index in [-0.39, 0.29) is 10.6 Å². The van der Waals surface area contributed by atoms with Crippen molar-refractivity contribution in [2.45, 2.75) is 11.2 Å². The molecule has 0 spiro atoms. The van der Waals surface area contributed by atoms with Gasteiger partial charge in [0.05, 0.1) is 10.0 Å². The normalized spacial score (nSPS) is 12.5. The summed E-state index contributed by atoms with van der Waals surface area (Å²) in [6.07, 6.45) is 0.693. The molecule has 0 nitrogen and oxygen atoms in total. The molecule has 0 fully saturated rings. The average molecular weight is 427 g/mol. The van der Waals surface area contributed by atoms with Crippen LogP contribution in [0.1, 0.15) is 16.0 Å². The number of alkyl halides is 1. The number of rotatable bonds is 3. The lowest BCUT2D eigenvalue weighted by Crippen LogP contribution is -1.97. The maximum atomic E-state index is 13.3. The predicted octanol–water partition coefficient (Wildman–Crippen LogP) is 6.57. The average Bonchev–Trinajstić information content (AvgIpc) is 2.36. The molecule has 0 radical (unpaired) electrons. The fourth-order valence-corrected chi connectivity index (χ4v) is 3.64. The van der Waals surface area contributed by atoms with Gasteiger partial charge in [-0.25, -0.2) is 4.39 Å². The summed E-state index contributed by atoms with van der Waals surface area (Å²) in [6.45, 7) is 0. The van der Waals surface area contributed by atoms with Crippen LogP contribution < -0.4 is 0 Å². The lowest BCUT2D eigenvalue weighted by Gasteiger charge is -2.13. The van der Waals surface area contributed by atoms with Crippen molar-refractivity contribution in [1.29, 1.82) is 0 Å². The van der Waals surface area contributed by atoms with Gasteiger partial charge < -0.3 is 0 Å². The number of benzene rings is 2. The van der Waals surface area contributed by atoms with E-state index in [0.29, 0.717) is 16.5 Å². The molecule has 2 aromatic carbocycles. The molecule has 0 aliphatic carbocycles. The first-order valence-corrected chi connectivity index (χ1v) is 7.97. The number of hydrogen-bond acceptors (Lipinski definition) is 0. The van der Waals surface area contributed by atoms with Crippen LogP contribution in [-0.4, -0.2) is 0 Å². The third kappa shape index (κ3) is 3.94. The Hall–Kier alpha value is -0.0900. The first-order chi connectivity index (χ1) is 8.97. The topological polar surface area (TPSA) is 0 Å². The fourth-order valence-electron chi connectivity index (χ4n) is 1.74. The molecule has 0 bridgehead atoms. The van der Waals surface area contributed by atoms with Crippen molar-refractivity contribution >= 4 is 55.1 Å². The molecular formula is C14H9Br2Cl2F. The second kappa shape index (κ2) is 6.57. The molecule has 0 aromatic heterocycles. The molecule has 0 aliphatic heterocycles. The van der Waals surface area contributed by atoms with Gasteiger partial charge in [0.2, 0.25) is 0 Å². The van der Waals surface area contributed by atoms with E-state index in [0.717, 1.165) is 15.6 Å². The van der Waals surface area contributed by atoms with E-state index in [4.69, 9.17) is 23.2 Å². The van der Waals surface area contributed by atoms with E-state index in [2.05, 4.69) is 31.9 Å². The molecule has 0 heterocycles. The highest BCUT2D eigenvalue weighted by Crippen LogP contribution is 2.34. The maximum Gasteiger partial charge on any atom is 0.123 e. The van der Waals surface area contributed by atoms with Gasteiger partial charge in [0.15, 0.2) is 0 Å². The summed E-state index contributed by atoms with van der Waals surface area (Å²) in [5.41, 5.74) is 1.90. The fraction of sp³-hybridized carbons (Fsp3) is 0.143. The molecule has 2 aromatic rings. The molecule has 100 valence electrons. The zero-order valence-electron chi connectivity index (χ0n) is 9.64. The van der Waals surface area contributed by atoms with Crippen LogP contribution in [0.3, 0.4) is 0 Å². The van der Waals surface area contributed by atoms with Crippen LogP contribution in [0.2, 0.25) is 10.0 Å². The zero-order chi connectivity index (χ0) is 14.0. The van der Waals surface area contributed by atoms with Gasteiger partial charge in [-0.05, 0) is 47.9 Å². The Morgan fingerprint density at radius 3 is 2.47 bits per heavy atom. The third-order valence-corrected chi connectivity index (χ3v) is 4.97. The predicted molar refractivity (Wildman–Crippen MR) is 85.9 cm³/mol. The second-order valence-corrected chi connectivity index (χ2v) is 6.86. The number of halogens is 5. The highest BCUT2D eigenvalue weighted by Gasteiger charge is 2.13. The Morgan fingerprint density at radius 1 is 1.05 bits per heavy atom. The van der Waals surface area contributed by atoms with Crippen molar-refractivity contribution in [3.63, 3.8) is 0 Å². The number of hydrogen-bond donors (Lipinski definition) is 0. The zero-order valence-corrected chi connectivity index (χ0v) is 14.3. The molecule has 0 saturated heterocycles. The third-order valence-electron chi connectivity index (χ3n) is 2.69. The van der Waals surface area contributed by atoms with Gasteiger partial charge in [0.1, 0.15) is 5.82 Å². The Morgan fingerprint density at radius 2 is 1.79 bits per heavy atom. The van der Waals surface area contributed by atoms with Gasteiger partial charge in [-0.3, -0.25) is 0 Å². The van der Waals surface area contributed by atoms with Gasteiger partial charge in [0, 0.05) is 9.30 Å². The van der Waals surface area contributed by atoms with Crippen LogP contribution in [0.25, 0.3) is 0 Å². The van der Waals surface area contributed by atoms with E-state index in [1.165, 1.54) is 12.1 Å². The SMILES string of the molecule is Fc1ccc(Br)c(C(Br)Cc2ccc(Cl)c(Cl)c2)c1. The van der Waals surface area contributed by atoms with Crippen LogP contribution in [0, 0.1) is 5.82 Å². The van der Waals surface area contributed by atoms with Gasteiger partial charge in [-0.2, -0.15) is 0 Å². The summed E-state index contributed by atoms with van der Waals surface area (Å²) in [5, 5.41) is 1.06. The Bertz CT molecular complexity index is 602. The molecule has 0 amide bonds. The van der Waals surface area contributed by atoms with Crippen molar-refractivity contribution < 1.29 is 4.39 Å². The maximum absolute atomic E-state index is 13.3. The van der Waals surface area contributed by atoms with Crippen LogP contribution in [0.15, 0.2) is 40.9 Å². The van der Waals surface area contributed by atoms with Crippen LogP contribution in [0.4, 0.5) is 4.39 Å². The van der Waals surface area contributed by atoms with Crippen molar-refractivity contribution in [2.24, 2.45) is 0 Å². The van der Waals surface area contributed by atoms with Crippen molar-refractivity contribution in [3.05, 3.63) is 67.9 Å². The minimum absolute atomic E-state index is 0.00480. The first-order valence-electron chi connectivity index (χ1n) is 5.50. The largest absolute Gasteiger partial charge is 0.207 e. The Labute approximate surface area is 138 Å². The van der Waals surface area contributed by atoms with Gasteiger partial charge in [0.25, 0.3) is 0 Å². The molecule has 0 N–H and O–H groups in total. The molecular weight excluding hydrogens is 418 g/mol. The smallest absolute Gasteiger partial charge is 0.123 e. The van der Waals surface area contributed by atoms with Gasteiger partial charge in [-0.15, -0.1) is 0 Å². The Balaban J connectivity index is 2.22. The molecule has 5 heteroatoms. The quantitative estimate of drug-likeness (QED) is 0.486. The van der Waals surface area contributed by atoms with E-state index < -0.39 is 0 Å². The van der Waals surface area contributed by atoms with Crippen LogP contribution in [-0.2, 0) is 6.42 Å². The summed E-state index contributed by atoms with van der Waals surface area (Å²) < 4.78 is 14.2. The lowest BCUT2D eigenvalue weighted by molar-refractivity contribution is 0.624. The summed E-state index contributed by atoms with van der Waals surface area (Å²) >= 11 is 18.9. The first kappa shape index (κ1) is 15.3. The molecule has 1 unspecified atom stereocenters. The summed E-state index contributed by atoms with van der Waals surface area (Å²) in [5.74, 6) is -0.253. The van der Waals surface area contributed by atoms with Gasteiger partial charge in [-0.1, -0.05) is 61.1 Å². The molecule has 0 saturated carbocycles. The van der Waals surface area contributed by atoms with E-state index >= 15 is 0 Å². The van der Waals surface area contributed by atoms with E-state index in [1.54, 1.807) is 12.1 Å². The summed E-state index contributed by atoms with van der Waals surface area (Å²) in [7, 11) is 0. The van der Waals surface area contributed by atoms with E-state index in [1.807, 2.05) is 12.1 Å². The van der Waals surface area contributed by atoms with Crippen molar-refractivity contribution in [1.82, 2.24) is 0 Å². The monoisotopic (exact) mass is 424 g/mol. The molecule has 0 aliphatic rings. The summed E-state index contributed by atoms with van der Waals surface area (Å²) in [4.78, 5) is -0.00480. The summed E-state index contributed by atoms with van der Waals surface area (Å²) in [6, 6.07) is 10.1. The highest BCUT2D eigenvalue weighted by molar-refractivity contribution is 9.11. The van der Waals surface area contributed by atoms with Crippen molar-refractivity contribution in [2.75, 3.05) is 0 Å². The van der Waals surface area contributed by atoms with Gasteiger partial charge >= 0.3 is 0 Å². The minimum Gasteiger partial charge on any atom is -0.207 e. The van der Waals surface area contributed by atoms with E-state index in [9.17, 15) is 4.39 Å².